The molecule has 1 heterocycles. The average Bonchev–Trinajstić information content (AvgIpc) is 2.85. The van der Waals surface area contributed by atoms with Crippen LogP contribution in [0.1, 0.15) is 5.56 Å². The molecule has 0 atom stereocenters. The van der Waals surface area contributed by atoms with Crippen molar-refractivity contribution in [1.82, 2.24) is 9.78 Å². The lowest BCUT2D eigenvalue weighted by molar-refractivity contribution is -0.117. The van der Waals surface area contributed by atoms with E-state index in [1.807, 2.05) is 30.3 Å². The zero-order valence-electron chi connectivity index (χ0n) is 18.4. The fourth-order valence-corrected chi connectivity index (χ4v) is 3.25. The van der Waals surface area contributed by atoms with E-state index in [0.717, 1.165) is 10.2 Å². The Morgan fingerprint density at radius 2 is 1.71 bits per heavy atom. The second-order valence-corrected chi connectivity index (χ2v) is 7.41. The molecule has 1 aromatic heterocycles. The van der Waals surface area contributed by atoms with Crippen LogP contribution in [-0.2, 0) is 17.9 Å². The third-order valence-electron chi connectivity index (χ3n) is 5.00. The SMILES string of the molecule is COc1ccc(-c2ccc(=O)n(CC(=O)Nc3ccc(OCc4ccccc4)cc3)n2)c(F)c1. The Morgan fingerprint density at radius 3 is 2.41 bits per heavy atom. The maximum atomic E-state index is 14.4. The number of nitrogens with zero attached hydrogens (tertiary/aromatic N) is 2. The topological polar surface area (TPSA) is 82.5 Å². The number of hydrogen-bond acceptors (Lipinski definition) is 5. The van der Waals surface area contributed by atoms with E-state index >= 15 is 0 Å². The van der Waals surface area contributed by atoms with Crippen LogP contribution in [0.15, 0.2) is 89.7 Å². The molecule has 0 bridgehead atoms. The molecule has 34 heavy (non-hydrogen) atoms. The largest absolute Gasteiger partial charge is 0.497 e. The van der Waals surface area contributed by atoms with Crippen molar-refractivity contribution in [3.63, 3.8) is 0 Å². The smallest absolute Gasteiger partial charge is 0.267 e. The van der Waals surface area contributed by atoms with E-state index in [1.54, 1.807) is 30.3 Å². The summed E-state index contributed by atoms with van der Waals surface area (Å²) in [5.41, 5.74) is 1.54. The summed E-state index contributed by atoms with van der Waals surface area (Å²) in [6, 6.07) is 23.7. The predicted octanol–water partition coefficient (Wildman–Crippen LogP) is 4.28. The van der Waals surface area contributed by atoms with Gasteiger partial charge in [-0.15, -0.1) is 0 Å². The number of halogens is 1. The molecule has 0 aliphatic heterocycles. The van der Waals surface area contributed by atoms with Crippen molar-refractivity contribution in [2.75, 3.05) is 12.4 Å². The minimum absolute atomic E-state index is 0.195. The Balaban J connectivity index is 1.40. The number of aromatic nitrogens is 2. The molecule has 172 valence electrons. The number of hydrogen-bond donors (Lipinski definition) is 1. The molecule has 0 aliphatic carbocycles. The predicted molar refractivity (Wildman–Crippen MR) is 126 cm³/mol. The number of carbonyl (C=O) groups is 1. The van der Waals surface area contributed by atoms with Gasteiger partial charge in [0, 0.05) is 23.4 Å². The average molecular weight is 459 g/mol. The van der Waals surface area contributed by atoms with Gasteiger partial charge >= 0.3 is 0 Å². The summed E-state index contributed by atoms with van der Waals surface area (Å²) >= 11 is 0. The molecule has 0 aliphatic rings. The fourth-order valence-electron chi connectivity index (χ4n) is 3.25. The normalized spacial score (nSPS) is 10.5. The summed E-state index contributed by atoms with van der Waals surface area (Å²) in [6.45, 7) is 0.114. The van der Waals surface area contributed by atoms with Gasteiger partial charge in [0.1, 0.15) is 30.5 Å². The molecule has 0 saturated heterocycles. The van der Waals surface area contributed by atoms with E-state index in [-0.39, 0.29) is 17.8 Å². The van der Waals surface area contributed by atoms with Crippen LogP contribution >= 0.6 is 0 Å². The summed E-state index contributed by atoms with van der Waals surface area (Å²) in [7, 11) is 1.44. The highest BCUT2D eigenvalue weighted by Crippen LogP contribution is 2.24. The minimum Gasteiger partial charge on any atom is -0.497 e. The van der Waals surface area contributed by atoms with Gasteiger partial charge in [-0.2, -0.15) is 5.10 Å². The van der Waals surface area contributed by atoms with Crippen LogP contribution in [-0.4, -0.2) is 22.8 Å². The lowest BCUT2D eigenvalue weighted by Gasteiger charge is -2.10. The summed E-state index contributed by atoms with van der Waals surface area (Å²) < 4.78 is 26.1. The lowest BCUT2D eigenvalue weighted by Crippen LogP contribution is -2.29. The first kappa shape index (κ1) is 22.7. The maximum absolute atomic E-state index is 14.4. The molecule has 0 saturated carbocycles. The van der Waals surface area contributed by atoms with E-state index in [1.165, 1.54) is 31.4 Å². The summed E-state index contributed by atoms with van der Waals surface area (Å²) in [4.78, 5) is 24.7. The molecule has 4 rings (SSSR count). The van der Waals surface area contributed by atoms with Gasteiger partial charge in [-0.05, 0) is 48.0 Å². The quantitative estimate of drug-likeness (QED) is 0.425. The van der Waals surface area contributed by atoms with Crippen LogP contribution in [0.25, 0.3) is 11.3 Å². The van der Waals surface area contributed by atoms with Gasteiger partial charge in [0.25, 0.3) is 5.56 Å². The van der Waals surface area contributed by atoms with Gasteiger partial charge in [-0.25, -0.2) is 9.07 Å². The molecule has 0 fully saturated rings. The first-order valence-electron chi connectivity index (χ1n) is 10.5. The molecule has 0 radical (unpaired) electrons. The molecular formula is C26H22FN3O4. The van der Waals surface area contributed by atoms with Crippen molar-refractivity contribution in [2.45, 2.75) is 13.2 Å². The molecule has 3 aromatic carbocycles. The lowest BCUT2D eigenvalue weighted by atomic mass is 10.1. The van der Waals surface area contributed by atoms with Crippen LogP contribution in [0, 0.1) is 5.82 Å². The zero-order valence-corrected chi connectivity index (χ0v) is 18.4. The molecule has 1 N–H and O–H groups in total. The van der Waals surface area contributed by atoms with Gasteiger partial charge in [0.2, 0.25) is 5.91 Å². The van der Waals surface area contributed by atoms with Crippen molar-refractivity contribution in [2.24, 2.45) is 0 Å². The van der Waals surface area contributed by atoms with Crippen LogP contribution in [0.4, 0.5) is 10.1 Å². The summed E-state index contributed by atoms with van der Waals surface area (Å²) in [6.07, 6.45) is 0. The number of rotatable bonds is 8. The Labute approximate surface area is 195 Å². The second kappa shape index (κ2) is 10.4. The van der Waals surface area contributed by atoms with Crippen LogP contribution in [0.5, 0.6) is 11.5 Å². The molecule has 8 heteroatoms. The Hall–Kier alpha value is -4.46. The van der Waals surface area contributed by atoms with Crippen LogP contribution in [0.3, 0.4) is 0 Å². The molecule has 4 aromatic rings. The van der Waals surface area contributed by atoms with E-state index < -0.39 is 17.3 Å². The van der Waals surface area contributed by atoms with Crippen molar-refractivity contribution in [1.29, 1.82) is 0 Å². The van der Waals surface area contributed by atoms with E-state index in [0.29, 0.717) is 23.8 Å². The highest BCUT2D eigenvalue weighted by molar-refractivity contribution is 5.90. The molecule has 0 spiro atoms. The number of amides is 1. The van der Waals surface area contributed by atoms with Crippen molar-refractivity contribution < 1.29 is 18.7 Å². The first-order valence-corrected chi connectivity index (χ1v) is 10.5. The van der Waals surface area contributed by atoms with E-state index in [4.69, 9.17) is 9.47 Å². The minimum atomic E-state index is -0.545. The third kappa shape index (κ3) is 5.66. The van der Waals surface area contributed by atoms with Gasteiger partial charge in [-0.3, -0.25) is 9.59 Å². The molecule has 7 nitrogen and oxygen atoms in total. The van der Waals surface area contributed by atoms with Crippen LogP contribution in [0.2, 0.25) is 0 Å². The van der Waals surface area contributed by atoms with E-state index in [2.05, 4.69) is 10.4 Å². The Kier molecular flexibility index (Phi) is 6.98. The number of benzene rings is 3. The Bertz CT molecular complexity index is 1340. The number of anilines is 1. The maximum Gasteiger partial charge on any atom is 0.267 e. The van der Waals surface area contributed by atoms with Crippen LogP contribution < -0.4 is 20.3 Å². The highest BCUT2D eigenvalue weighted by Gasteiger charge is 2.12. The number of methoxy groups -OCH3 is 1. The standard InChI is InChI=1S/C26H22FN3O4/c1-33-21-11-12-22(23(27)15-21)24-13-14-26(32)30(29-24)16-25(31)28-19-7-9-20(10-8-19)34-17-18-5-3-2-4-6-18/h2-15H,16-17H2,1H3,(H,28,31). The van der Waals surface area contributed by atoms with Gasteiger partial charge in [-0.1, -0.05) is 30.3 Å². The van der Waals surface area contributed by atoms with Crippen molar-refractivity contribution >= 4 is 11.6 Å². The van der Waals surface area contributed by atoms with E-state index in [9.17, 15) is 14.0 Å². The summed E-state index contributed by atoms with van der Waals surface area (Å²) in [5, 5.41) is 6.87. The van der Waals surface area contributed by atoms with Gasteiger partial charge < -0.3 is 14.8 Å². The van der Waals surface area contributed by atoms with Crippen molar-refractivity contribution in [3.8, 4) is 22.8 Å². The molecule has 1 amide bonds. The molecular weight excluding hydrogens is 437 g/mol. The fraction of sp³-hybridized carbons (Fsp3) is 0.115. The number of ether oxygens (including phenoxy) is 2. The highest BCUT2D eigenvalue weighted by atomic mass is 19.1. The first-order chi connectivity index (χ1) is 16.5. The van der Waals surface area contributed by atoms with Gasteiger partial charge in [0.05, 0.1) is 12.8 Å². The summed E-state index contributed by atoms with van der Waals surface area (Å²) in [5.74, 6) is 0.0374. The van der Waals surface area contributed by atoms with Gasteiger partial charge in [0.15, 0.2) is 0 Å². The number of carbonyl (C=O) groups excluding carboxylic acids is 1. The van der Waals surface area contributed by atoms with Crippen molar-refractivity contribution in [3.05, 3.63) is 107 Å². The second-order valence-electron chi connectivity index (χ2n) is 7.41. The number of nitrogens with one attached hydrogen (secondary N) is 1. The molecule has 0 unspecified atom stereocenters. The Morgan fingerprint density at radius 1 is 0.971 bits per heavy atom. The monoisotopic (exact) mass is 459 g/mol. The third-order valence-corrected chi connectivity index (χ3v) is 5.00. The zero-order chi connectivity index (χ0) is 23.9.